The summed E-state index contributed by atoms with van der Waals surface area (Å²) in [6, 6.07) is 0.193. The minimum atomic E-state index is 0.0941. The van der Waals surface area contributed by atoms with Gasteiger partial charge in [-0.1, -0.05) is 0 Å². The number of hydrogen-bond donors (Lipinski definition) is 1. The highest BCUT2D eigenvalue weighted by Crippen LogP contribution is 2.15. The van der Waals surface area contributed by atoms with E-state index in [1.54, 1.807) is 7.05 Å². The molecule has 7 nitrogen and oxygen atoms in total. The highest BCUT2D eigenvalue weighted by molar-refractivity contribution is 5.03. The standard InChI is InChI=1S/C7H9N5O2/c1-12-4-9-6(11-12)14-7-10-5(2-8)3-13-7/h3-4H,2,8H2,1H3. The first kappa shape index (κ1) is 8.70. The third kappa shape index (κ3) is 1.72. The molecule has 0 radical (unpaired) electrons. The van der Waals surface area contributed by atoms with Gasteiger partial charge in [0.05, 0.1) is 5.69 Å². The zero-order valence-corrected chi connectivity index (χ0v) is 7.54. The van der Waals surface area contributed by atoms with Crippen LogP contribution < -0.4 is 10.5 Å². The fourth-order valence-corrected chi connectivity index (χ4v) is 0.873. The van der Waals surface area contributed by atoms with Gasteiger partial charge in [0.25, 0.3) is 0 Å². The highest BCUT2D eigenvalue weighted by atomic mass is 16.6. The van der Waals surface area contributed by atoms with Crippen molar-refractivity contribution in [3.05, 3.63) is 18.3 Å². The summed E-state index contributed by atoms with van der Waals surface area (Å²) in [5.74, 6) is 0. The molecule has 0 spiro atoms. The van der Waals surface area contributed by atoms with Gasteiger partial charge in [-0.25, -0.2) is 0 Å². The average Bonchev–Trinajstić information content (AvgIpc) is 2.76. The first-order chi connectivity index (χ1) is 6.78. The summed E-state index contributed by atoms with van der Waals surface area (Å²) in [4.78, 5) is 7.77. The molecule has 0 aliphatic carbocycles. The third-order valence-electron chi connectivity index (χ3n) is 1.50. The predicted octanol–water partition coefficient (Wildman–Crippen LogP) is 0.0541. The number of aromatic nitrogens is 4. The lowest BCUT2D eigenvalue weighted by molar-refractivity contribution is 0.311. The van der Waals surface area contributed by atoms with Crippen LogP contribution in [0.15, 0.2) is 17.0 Å². The average molecular weight is 195 g/mol. The van der Waals surface area contributed by atoms with Crippen molar-refractivity contribution < 1.29 is 9.15 Å². The maximum absolute atomic E-state index is 5.35. The van der Waals surface area contributed by atoms with Crippen LogP contribution in [-0.2, 0) is 13.6 Å². The Morgan fingerprint density at radius 2 is 2.50 bits per heavy atom. The van der Waals surface area contributed by atoms with Crippen molar-refractivity contribution in [2.75, 3.05) is 0 Å². The SMILES string of the molecule is Cn1cnc(Oc2nc(CN)co2)n1. The lowest BCUT2D eigenvalue weighted by Crippen LogP contribution is -1.96. The van der Waals surface area contributed by atoms with Crippen molar-refractivity contribution in [1.29, 1.82) is 0 Å². The van der Waals surface area contributed by atoms with Crippen LogP contribution in [0.1, 0.15) is 5.69 Å². The molecule has 2 N–H and O–H groups in total. The monoisotopic (exact) mass is 195 g/mol. The number of nitrogens with zero attached hydrogens (tertiary/aromatic N) is 4. The molecule has 0 atom stereocenters. The van der Waals surface area contributed by atoms with Crippen LogP contribution in [0, 0.1) is 0 Å². The lowest BCUT2D eigenvalue weighted by atomic mass is 10.5. The summed E-state index contributed by atoms with van der Waals surface area (Å²) in [5, 5.41) is 3.89. The van der Waals surface area contributed by atoms with Crippen LogP contribution >= 0.6 is 0 Å². The number of hydrogen-bond acceptors (Lipinski definition) is 6. The molecular weight excluding hydrogens is 186 g/mol. The second kappa shape index (κ2) is 3.46. The van der Waals surface area contributed by atoms with Crippen LogP contribution in [0.4, 0.5) is 0 Å². The van der Waals surface area contributed by atoms with E-state index in [4.69, 9.17) is 14.9 Å². The van der Waals surface area contributed by atoms with Gasteiger partial charge in [0.1, 0.15) is 12.6 Å². The van der Waals surface area contributed by atoms with E-state index < -0.39 is 0 Å². The van der Waals surface area contributed by atoms with Crippen LogP contribution in [0.25, 0.3) is 0 Å². The molecule has 0 unspecified atom stereocenters. The summed E-state index contributed by atoms with van der Waals surface area (Å²) in [6.07, 6.45) is 3.04. The molecule has 0 aromatic carbocycles. The van der Waals surface area contributed by atoms with Crippen LogP contribution in [-0.4, -0.2) is 19.7 Å². The van der Waals surface area contributed by atoms with Gasteiger partial charge in [-0.2, -0.15) is 9.97 Å². The first-order valence-corrected chi connectivity index (χ1v) is 3.96. The largest absolute Gasteiger partial charge is 0.417 e. The van der Waals surface area contributed by atoms with Gasteiger partial charge in [-0.15, -0.1) is 5.10 Å². The highest BCUT2D eigenvalue weighted by Gasteiger charge is 2.07. The number of nitrogens with two attached hydrogens (primary N) is 1. The van der Waals surface area contributed by atoms with Gasteiger partial charge < -0.3 is 14.9 Å². The van der Waals surface area contributed by atoms with E-state index in [2.05, 4.69) is 15.1 Å². The minimum Gasteiger partial charge on any atom is -0.417 e. The van der Waals surface area contributed by atoms with E-state index >= 15 is 0 Å². The summed E-state index contributed by atoms with van der Waals surface area (Å²) < 4.78 is 11.6. The smallest absolute Gasteiger partial charge is 0.401 e. The van der Waals surface area contributed by atoms with E-state index in [1.165, 1.54) is 17.3 Å². The van der Waals surface area contributed by atoms with Gasteiger partial charge in [0.15, 0.2) is 0 Å². The topological polar surface area (TPSA) is 92.0 Å². The Labute approximate surface area is 79.5 Å². The van der Waals surface area contributed by atoms with E-state index in [1.807, 2.05) is 0 Å². The van der Waals surface area contributed by atoms with Crippen molar-refractivity contribution >= 4 is 0 Å². The molecule has 0 aliphatic rings. The number of rotatable bonds is 3. The summed E-state index contributed by atoms with van der Waals surface area (Å²) >= 11 is 0. The normalized spacial score (nSPS) is 10.4. The van der Waals surface area contributed by atoms with Gasteiger partial charge in [0, 0.05) is 13.6 Å². The quantitative estimate of drug-likeness (QED) is 0.744. The van der Waals surface area contributed by atoms with Crippen molar-refractivity contribution in [2.24, 2.45) is 12.8 Å². The molecule has 74 valence electrons. The molecule has 2 aromatic heterocycles. The van der Waals surface area contributed by atoms with Crippen LogP contribution in [0.2, 0.25) is 0 Å². The Hall–Kier alpha value is -1.89. The van der Waals surface area contributed by atoms with Gasteiger partial charge >= 0.3 is 12.1 Å². The minimum absolute atomic E-state index is 0.0941. The molecule has 0 fully saturated rings. The number of oxazole rings is 1. The van der Waals surface area contributed by atoms with E-state index in [0.29, 0.717) is 12.2 Å². The molecular formula is C7H9N5O2. The Bertz CT molecular complexity index is 421. The van der Waals surface area contributed by atoms with E-state index in [0.717, 1.165) is 0 Å². The Morgan fingerprint density at radius 1 is 1.64 bits per heavy atom. The summed E-state index contributed by atoms with van der Waals surface area (Å²) in [6.45, 7) is 0.308. The Kier molecular flexibility index (Phi) is 2.15. The van der Waals surface area contributed by atoms with Gasteiger partial charge in [-0.05, 0) is 0 Å². The van der Waals surface area contributed by atoms with Gasteiger partial charge in [-0.3, -0.25) is 4.68 Å². The lowest BCUT2D eigenvalue weighted by Gasteiger charge is -1.91. The molecule has 0 bridgehead atoms. The van der Waals surface area contributed by atoms with Crippen molar-refractivity contribution in [3.8, 4) is 12.1 Å². The maximum Gasteiger partial charge on any atom is 0.401 e. The van der Waals surface area contributed by atoms with E-state index in [-0.39, 0.29) is 12.1 Å². The van der Waals surface area contributed by atoms with Crippen LogP contribution in [0.3, 0.4) is 0 Å². The van der Waals surface area contributed by atoms with Crippen LogP contribution in [0.5, 0.6) is 12.1 Å². The Morgan fingerprint density at radius 3 is 3.07 bits per heavy atom. The molecule has 2 rings (SSSR count). The Balaban J connectivity index is 2.10. The molecule has 14 heavy (non-hydrogen) atoms. The van der Waals surface area contributed by atoms with Crippen molar-refractivity contribution in [2.45, 2.75) is 6.54 Å². The third-order valence-corrected chi connectivity index (χ3v) is 1.50. The fraction of sp³-hybridized carbons (Fsp3) is 0.286. The molecule has 2 heterocycles. The number of ether oxygens (including phenoxy) is 1. The molecule has 0 saturated carbocycles. The van der Waals surface area contributed by atoms with Crippen molar-refractivity contribution in [3.63, 3.8) is 0 Å². The second-order valence-corrected chi connectivity index (χ2v) is 2.61. The maximum atomic E-state index is 5.35. The summed E-state index contributed by atoms with van der Waals surface area (Å²) in [5.41, 5.74) is 5.97. The van der Waals surface area contributed by atoms with E-state index in [9.17, 15) is 0 Å². The number of aryl methyl sites for hydroxylation is 1. The summed E-state index contributed by atoms with van der Waals surface area (Å²) in [7, 11) is 1.74. The molecule has 2 aromatic rings. The second-order valence-electron chi connectivity index (χ2n) is 2.61. The zero-order valence-electron chi connectivity index (χ0n) is 7.54. The fourth-order valence-electron chi connectivity index (χ4n) is 0.873. The molecule has 0 amide bonds. The molecule has 0 saturated heterocycles. The zero-order chi connectivity index (χ0) is 9.97. The first-order valence-electron chi connectivity index (χ1n) is 3.96. The predicted molar refractivity (Wildman–Crippen MR) is 45.5 cm³/mol. The van der Waals surface area contributed by atoms with Crippen molar-refractivity contribution in [1.82, 2.24) is 19.7 Å². The molecule has 7 heteroatoms. The van der Waals surface area contributed by atoms with Gasteiger partial charge in [0.2, 0.25) is 0 Å². The molecule has 0 aliphatic heterocycles.